The van der Waals surface area contributed by atoms with Crippen LogP contribution in [0.2, 0.25) is 0 Å². The zero-order chi connectivity index (χ0) is 16.3. The molecule has 3 heteroatoms. The Balaban J connectivity index is 3.10. The van der Waals surface area contributed by atoms with E-state index in [9.17, 15) is 5.11 Å². The third-order valence-corrected chi connectivity index (χ3v) is 4.89. The van der Waals surface area contributed by atoms with E-state index in [0.717, 1.165) is 37.1 Å². The molecule has 2 N–H and O–H groups in total. The first-order valence-electron chi connectivity index (χ1n) is 9.75. The van der Waals surface area contributed by atoms with E-state index in [1.54, 1.807) is 0 Å². The monoisotopic (exact) mass is 332 g/mol. The Hall–Kier alpha value is 0.270. The van der Waals surface area contributed by atoms with E-state index in [4.69, 9.17) is 4.55 Å². The highest BCUT2D eigenvalue weighted by Gasteiger charge is 2.03. The fourth-order valence-electron chi connectivity index (χ4n) is 2.91. The average molecular weight is 333 g/mol. The Morgan fingerprint density at radius 3 is 1.50 bits per heavy atom. The zero-order valence-electron chi connectivity index (χ0n) is 14.9. The molecule has 0 saturated carbocycles. The van der Waals surface area contributed by atoms with Gasteiger partial charge in [0.05, 0.1) is 6.10 Å². The first-order valence-corrected chi connectivity index (χ1v) is 10.7. The Bertz CT molecular complexity index is 200. The lowest BCUT2D eigenvalue weighted by Crippen LogP contribution is -2.05. The standard InChI is InChI=1S/C19H40O2S/c1-2-3-4-5-10-13-16-19(20)17-14-11-8-6-7-9-12-15-18-22-21/h19-21H,2-18H2,1H3. The molecule has 0 fully saturated rings. The fraction of sp³-hybridized carbons (Fsp3) is 1.00. The van der Waals surface area contributed by atoms with Crippen LogP contribution in [0.1, 0.15) is 110 Å². The van der Waals surface area contributed by atoms with E-state index < -0.39 is 0 Å². The van der Waals surface area contributed by atoms with E-state index in [-0.39, 0.29) is 6.10 Å². The fourth-order valence-corrected chi connectivity index (χ4v) is 3.25. The molecule has 0 rings (SSSR count). The highest BCUT2D eigenvalue weighted by molar-refractivity contribution is 7.93. The molecular formula is C19H40O2S. The van der Waals surface area contributed by atoms with Crippen molar-refractivity contribution in [1.82, 2.24) is 0 Å². The van der Waals surface area contributed by atoms with Crippen LogP contribution >= 0.6 is 12.0 Å². The molecule has 0 saturated heterocycles. The molecule has 0 bridgehead atoms. The second-order valence-electron chi connectivity index (χ2n) is 6.66. The molecule has 0 aliphatic carbocycles. The molecule has 0 aliphatic rings. The minimum atomic E-state index is -0.0536. The molecule has 2 nitrogen and oxygen atoms in total. The van der Waals surface area contributed by atoms with Crippen molar-refractivity contribution in [3.8, 4) is 0 Å². The van der Waals surface area contributed by atoms with Crippen molar-refractivity contribution < 1.29 is 9.66 Å². The van der Waals surface area contributed by atoms with Crippen molar-refractivity contribution in [2.45, 2.75) is 116 Å². The third kappa shape index (κ3) is 18.3. The van der Waals surface area contributed by atoms with Crippen LogP contribution in [-0.4, -0.2) is 21.5 Å². The summed E-state index contributed by atoms with van der Waals surface area (Å²) in [6.07, 6.45) is 20.0. The van der Waals surface area contributed by atoms with Crippen LogP contribution in [0.15, 0.2) is 0 Å². The van der Waals surface area contributed by atoms with Crippen molar-refractivity contribution in [2.75, 3.05) is 5.75 Å². The van der Waals surface area contributed by atoms with Crippen LogP contribution in [0.4, 0.5) is 0 Å². The van der Waals surface area contributed by atoms with Gasteiger partial charge in [-0.2, -0.15) is 0 Å². The Kier molecular flexibility index (Phi) is 19.6. The lowest BCUT2D eigenvalue weighted by molar-refractivity contribution is 0.147. The van der Waals surface area contributed by atoms with Crippen LogP contribution in [0.25, 0.3) is 0 Å². The van der Waals surface area contributed by atoms with Gasteiger partial charge in [-0.25, -0.2) is 0 Å². The summed E-state index contributed by atoms with van der Waals surface area (Å²) >= 11 is 0.966. The van der Waals surface area contributed by atoms with Crippen molar-refractivity contribution in [3.63, 3.8) is 0 Å². The number of aliphatic hydroxyl groups excluding tert-OH is 1. The van der Waals surface area contributed by atoms with E-state index in [1.165, 1.54) is 83.5 Å². The molecule has 0 amide bonds. The molecular weight excluding hydrogens is 292 g/mol. The van der Waals surface area contributed by atoms with Crippen LogP contribution in [0.5, 0.6) is 0 Å². The van der Waals surface area contributed by atoms with Crippen LogP contribution in [0, 0.1) is 0 Å². The molecule has 0 heterocycles. The molecule has 0 aromatic carbocycles. The second-order valence-corrected chi connectivity index (χ2v) is 7.33. The first-order chi connectivity index (χ1) is 10.8. The predicted octanol–water partition coefficient (Wildman–Crippen LogP) is 6.82. The maximum atomic E-state index is 9.95. The highest BCUT2D eigenvalue weighted by Crippen LogP contribution is 2.14. The molecule has 1 unspecified atom stereocenters. The van der Waals surface area contributed by atoms with Gasteiger partial charge >= 0.3 is 0 Å². The van der Waals surface area contributed by atoms with Gasteiger partial charge in [0, 0.05) is 5.75 Å². The molecule has 0 spiro atoms. The van der Waals surface area contributed by atoms with Gasteiger partial charge in [-0.15, -0.1) is 0 Å². The van der Waals surface area contributed by atoms with Crippen LogP contribution < -0.4 is 0 Å². The number of hydrogen-bond acceptors (Lipinski definition) is 3. The summed E-state index contributed by atoms with van der Waals surface area (Å²) in [6.45, 7) is 2.25. The normalized spacial score (nSPS) is 12.7. The van der Waals surface area contributed by atoms with Crippen molar-refractivity contribution in [3.05, 3.63) is 0 Å². The Labute approximate surface area is 143 Å². The molecule has 0 radical (unpaired) electrons. The van der Waals surface area contributed by atoms with Crippen molar-refractivity contribution in [2.24, 2.45) is 0 Å². The minimum Gasteiger partial charge on any atom is -0.393 e. The number of unbranched alkanes of at least 4 members (excludes halogenated alkanes) is 12. The highest BCUT2D eigenvalue weighted by atomic mass is 32.2. The topological polar surface area (TPSA) is 40.5 Å². The maximum Gasteiger partial charge on any atom is 0.0540 e. The number of hydrogen-bond donors (Lipinski definition) is 2. The van der Waals surface area contributed by atoms with Crippen LogP contribution in [-0.2, 0) is 0 Å². The first kappa shape index (κ1) is 22.3. The quantitative estimate of drug-likeness (QED) is 0.214. The van der Waals surface area contributed by atoms with Gasteiger partial charge < -0.3 is 9.66 Å². The van der Waals surface area contributed by atoms with Gasteiger partial charge in [-0.1, -0.05) is 90.4 Å². The number of rotatable bonds is 18. The summed E-state index contributed by atoms with van der Waals surface area (Å²) in [7, 11) is 0. The van der Waals surface area contributed by atoms with Gasteiger partial charge in [0.2, 0.25) is 0 Å². The average Bonchev–Trinajstić information content (AvgIpc) is 2.52. The largest absolute Gasteiger partial charge is 0.393 e. The van der Waals surface area contributed by atoms with Crippen LogP contribution in [0.3, 0.4) is 0 Å². The maximum absolute atomic E-state index is 9.95. The SMILES string of the molecule is CCCCCCCCC(O)CCCCCCCCCCSO. The summed E-state index contributed by atoms with van der Waals surface area (Å²) in [5.41, 5.74) is 0. The summed E-state index contributed by atoms with van der Waals surface area (Å²) in [5.74, 6) is 0.885. The molecule has 22 heavy (non-hydrogen) atoms. The molecule has 134 valence electrons. The predicted molar refractivity (Wildman–Crippen MR) is 101 cm³/mol. The van der Waals surface area contributed by atoms with Gasteiger partial charge in [0.15, 0.2) is 0 Å². The molecule has 0 aromatic heterocycles. The zero-order valence-corrected chi connectivity index (χ0v) is 15.7. The van der Waals surface area contributed by atoms with E-state index in [2.05, 4.69) is 6.92 Å². The smallest absolute Gasteiger partial charge is 0.0540 e. The van der Waals surface area contributed by atoms with Gasteiger partial charge in [0.1, 0.15) is 0 Å². The van der Waals surface area contributed by atoms with Gasteiger partial charge in [0.25, 0.3) is 0 Å². The second kappa shape index (κ2) is 19.3. The van der Waals surface area contributed by atoms with E-state index >= 15 is 0 Å². The Morgan fingerprint density at radius 1 is 0.636 bits per heavy atom. The lowest BCUT2D eigenvalue weighted by Gasteiger charge is -2.10. The third-order valence-electron chi connectivity index (χ3n) is 4.41. The molecule has 1 atom stereocenters. The van der Waals surface area contributed by atoms with Gasteiger partial charge in [-0.3, -0.25) is 0 Å². The summed E-state index contributed by atoms with van der Waals surface area (Å²) in [5, 5.41) is 9.95. The summed E-state index contributed by atoms with van der Waals surface area (Å²) in [4.78, 5) is 0. The summed E-state index contributed by atoms with van der Waals surface area (Å²) < 4.78 is 8.61. The van der Waals surface area contributed by atoms with E-state index in [0.29, 0.717) is 0 Å². The lowest BCUT2D eigenvalue weighted by atomic mass is 10.0. The minimum absolute atomic E-state index is 0.0536. The molecule has 0 aliphatic heterocycles. The Morgan fingerprint density at radius 2 is 1.05 bits per heavy atom. The van der Waals surface area contributed by atoms with Crippen molar-refractivity contribution in [1.29, 1.82) is 0 Å². The summed E-state index contributed by atoms with van der Waals surface area (Å²) in [6, 6.07) is 0. The van der Waals surface area contributed by atoms with Crippen molar-refractivity contribution >= 4 is 12.0 Å². The van der Waals surface area contributed by atoms with Gasteiger partial charge in [-0.05, 0) is 31.3 Å². The van der Waals surface area contributed by atoms with E-state index in [1.807, 2.05) is 0 Å². The number of aliphatic hydroxyl groups is 1. The molecule has 0 aromatic rings.